The van der Waals surface area contributed by atoms with Crippen molar-refractivity contribution in [3.63, 3.8) is 0 Å². The summed E-state index contributed by atoms with van der Waals surface area (Å²) in [5.74, 6) is -0.974. The molecule has 22 heavy (non-hydrogen) atoms. The highest BCUT2D eigenvalue weighted by atomic mass is 35.5. The third-order valence-electron chi connectivity index (χ3n) is 3.69. The van der Waals surface area contributed by atoms with E-state index < -0.39 is 31.2 Å². The molecule has 1 aromatic rings. The number of hydrogen-bond donors (Lipinski definition) is 1. The molecule has 2 atom stereocenters. The van der Waals surface area contributed by atoms with Gasteiger partial charge in [0.1, 0.15) is 5.82 Å². The Balaban J connectivity index is 2.25. The minimum atomic E-state index is -2.95. The van der Waals surface area contributed by atoms with Crippen molar-refractivity contribution in [3.05, 3.63) is 34.1 Å². The normalized spacial score (nSPS) is 20.0. The zero-order valence-corrected chi connectivity index (χ0v) is 12.5. The molecule has 1 amide bonds. The number of halogens is 4. The molecular formula is C14H15ClF3NO3. The number of alkyl halides is 2. The van der Waals surface area contributed by atoms with Crippen LogP contribution in [0.15, 0.2) is 12.1 Å². The summed E-state index contributed by atoms with van der Waals surface area (Å²) < 4.78 is 42.4. The van der Waals surface area contributed by atoms with Gasteiger partial charge in [-0.2, -0.15) is 8.78 Å². The van der Waals surface area contributed by atoms with Crippen LogP contribution < -0.4 is 0 Å². The molecule has 1 heterocycles. The lowest BCUT2D eigenvalue weighted by atomic mass is 10.0. The van der Waals surface area contributed by atoms with Crippen molar-refractivity contribution in [2.75, 3.05) is 6.54 Å². The van der Waals surface area contributed by atoms with Gasteiger partial charge in [0.15, 0.2) is 0 Å². The average Bonchev–Trinajstić information content (AvgIpc) is 2.77. The fourth-order valence-corrected chi connectivity index (χ4v) is 2.91. The van der Waals surface area contributed by atoms with Gasteiger partial charge in [0.25, 0.3) is 0 Å². The molecule has 4 nitrogen and oxygen atoms in total. The Morgan fingerprint density at radius 1 is 1.50 bits per heavy atom. The van der Waals surface area contributed by atoms with Crippen LogP contribution in [0.2, 0.25) is 5.02 Å². The zero-order chi connectivity index (χ0) is 16.4. The average molecular weight is 338 g/mol. The second-order valence-corrected chi connectivity index (χ2v) is 5.47. The highest BCUT2D eigenvalue weighted by Gasteiger charge is 2.36. The molecule has 0 spiro atoms. The lowest BCUT2D eigenvalue weighted by Crippen LogP contribution is -2.30. The number of aliphatic hydroxyl groups is 1. The summed E-state index contributed by atoms with van der Waals surface area (Å²) in [6, 6.07) is 1.63. The van der Waals surface area contributed by atoms with Gasteiger partial charge in [-0.1, -0.05) is 11.6 Å². The molecule has 122 valence electrons. The SMILES string of the molecule is C[C@@H](c1cc(F)cc(Cl)c1CO)N1CC(OC(F)F)CC1=O. The number of benzene rings is 1. The molecule has 2 rings (SSSR count). The maximum atomic E-state index is 13.5. The van der Waals surface area contributed by atoms with E-state index in [2.05, 4.69) is 4.74 Å². The zero-order valence-electron chi connectivity index (χ0n) is 11.7. The summed E-state index contributed by atoms with van der Waals surface area (Å²) in [7, 11) is 0. The quantitative estimate of drug-likeness (QED) is 0.899. The van der Waals surface area contributed by atoms with Gasteiger partial charge in [-0.3, -0.25) is 4.79 Å². The smallest absolute Gasteiger partial charge is 0.345 e. The van der Waals surface area contributed by atoms with E-state index in [-0.39, 0.29) is 23.9 Å². The van der Waals surface area contributed by atoms with Gasteiger partial charge >= 0.3 is 6.61 Å². The molecule has 1 aromatic carbocycles. The summed E-state index contributed by atoms with van der Waals surface area (Å²) in [6.45, 7) is -1.78. The third-order valence-corrected chi connectivity index (χ3v) is 4.03. The molecule has 1 aliphatic rings. The minimum Gasteiger partial charge on any atom is -0.392 e. The number of rotatable bonds is 5. The standard InChI is InChI=1S/C14H15ClF3NO3/c1-7(10-2-8(16)3-12(15)11(10)6-20)19-5-9(4-13(19)21)22-14(17)18/h2-3,7,9,14,20H,4-6H2,1H3/t7-,9?/m0/s1. The topological polar surface area (TPSA) is 49.8 Å². The predicted molar refractivity (Wildman–Crippen MR) is 73.0 cm³/mol. The molecule has 0 saturated carbocycles. The number of amides is 1. The van der Waals surface area contributed by atoms with E-state index in [1.165, 1.54) is 11.0 Å². The van der Waals surface area contributed by atoms with Crippen molar-refractivity contribution >= 4 is 17.5 Å². The Labute approximate surface area is 130 Å². The lowest BCUT2D eigenvalue weighted by Gasteiger charge is -2.27. The van der Waals surface area contributed by atoms with E-state index >= 15 is 0 Å². The van der Waals surface area contributed by atoms with E-state index in [4.69, 9.17) is 11.6 Å². The first-order valence-electron chi connectivity index (χ1n) is 6.65. The Hall–Kier alpha value is -1.31. The number of carbonyl (C=O) groups is 1. The first kappa shape index (κ1) is 17.1. The van der Waals surface area contributed by atoms with E-state index in [9.17, 15) is 23.1 Å². The number of ether oxygens (including phenoxy) is 1. The second-order valence-electron chi connectivity index (χ2n) is 5.06. The van der Waals surface area contributed by atoms with Crippen LogP contribution in [0.25, 0.3) is 0 Å². The Morgan fingerprint density at radius 3 is 2.77 bits per heavy atom. The van der Waals surface area contributed by atoms with E-state index in [0.717, 1.165) is 6.07 Å². The van der Waals surface area contributed by atoms with Gasteiger partial charge < -0.3 is 14.7 Å². The molecule has 1 saturated heterocycles. The predicted octanol–water partition coefficient (Wildman–Crippen LogP) is 2.87. The van der Waals surface area contributed by atoms with Gasteiger partial charge in [-0.15, -0.1) is 0 Å². The molecule has 0 aliphatic carbocycles. The van der Waals surface area contributed by atoms with Crippen LogP contribution in [0.1, 0.15) is 30.5 Å². The van der Waals surface area contributed by atoms with Crippen LogP contribution in [-0.2, 0) is 16.1 Å². The molecule has 1 fully saturated rings. The highest BCUT2D eigenvalue weighted by molar-refractivity contribution is 6.31. The van der Waals surface area contributed by atoms with Crippen LogP contribution in [-0.4, -0.2) is 35.2 Å². The van der Waals surface area contributed by atoms with E-state index in [0.29, 0.717) is 11.1 Å². The number of carbonyl (C=O) groups excluding carboxylic acids is 1. The monoisotopic (exact) mass is 337 g/mol. The molecule has 0 radical (unpaired) electrons. The number of hydrogen-bond acceptors (Lipinski definition) is 3. The minimum absolute atomic E-state index is 0.0245. The summed E-state index contributed by atoms with van der Waals surface area (Å²) in [4.78, 5) is 13.3. The van der Waals surface area contributed by atoms with Crippen LogP contribution in [0.5, 0.6) is 0 Å². The van der Waals surface area contributed by atoms with Crippen LogP contribution in [0.4, 0.5) is 13.2 Å². The molecule has 1 aliphatic heterocycles. The van der Waals surface area contributed by atoms with E-state index in [1.54, 1.807) is 6.92 Å². The Kier molecular flexibility index (Phi) is 5.31. The van der Waals surface area contributed by atoms with Gasteiger partial charge in [-0.25, -0.2) is 4.39 Å². The van der Waals surface area contributed by atoms with Gasteiger partial charge in [-0.05, 0) is 24.6 Å². The van der Waals surface area contributed by atoms with Crippen LogP contribution in [0.3, 0.4) is 0 Å². The number of aliphatic hydroxyl groups excluding tert-OH is 1. The maximum Gasteiger partial charge on any atom is 0.345 e. The van der Waals surface area contributed by atoms with Gasteiger partial charge in [0, 0.05) is 17.1 Å². The van der Waals surface area contributed by atoms with Crippen molar-refractivity contribution in [3.8, 4) is 0 Å². The molecular weight excluding hydrogens is 323 g/mol. The Bertz CT molecular complexity index is 571. The summed E-state index contributed by atoms with van der Waals surface area (Å²) in [6.07, 6.45) is -1.07. The van der Waals surface area contributed by atoms with Gasteiger partial charge in [0.2, 0.25) is 5.91 Å². The molecule has 8 heteroatoms. The molecule has 0 aromatic heterocycles. The number of nitrogens with zero attached hydrogens (tertiary/aromatic N) is 1. The second kappa shape index (κ2) is 6.85. The van der Waals surface area contributed by atoms with Crippen molar-refractivity contribution < 1.29 is 27.8 Å². The van der Waals surface area contributed by atoms with Crippen molar-refractivity contribution in [2.24, 2.45) is 0 Å². The van der Waals surface area contributed by atoms with Crippen LogP contribution in [0, 0.1) is 5.82 Å². The maximum absolute atomic E-state index is 13.5. The summed E-state index contributed by atoms with van der Waals surface area (Å²) >= 11 is 5.89. The Morgan fingerprint density at radius 2 is 2.18 bits per heavy atom. The van der Waals surface area contributed by atoms with Crippen molar-refractivity contribution in [2.45, 2.75) is 38.7 Å². The summed E-state index contributed by atoms with van der Waals surface area (Å²) in [5.41, 5.74) is 0.653. The lowest BCUT2D eigenvalue weighted by molar-refractivity contribution is -0.159. The number of likely N-dealkylation sites (tertiary alicyclic amines) is 1. The van der Waals surface area contributed by atoms with Gasteiger partial charge in [0.05, 0.1) is 25.2 Å². The fourth-order valence-electron chi connectivity index (χ4n) is 2.64. The first-order valence-corrected chi connectivity index (χ1v) is 7.03. The fraction of sp³-hybridized carbons (Fsp3) is 0.500. The van der Waals surface area contributed by atoms with Crippen LogP contribution >= 0.6 is 11.6 Å². The third kappa shape index (κ3) is 3.53. The van der Waals surface area contributed by atoms with E-state index in [1.807, 2.05) is 0 Å². The molecule has 1 unspecified atom stereocenters. The summed E-state index contributed by atoms with van der Waals surface area (Å²) in [5, 5.41) is 9.44. The first-order chi connectivity index (χ1) is 10.3. The van der Waals surface area contributed by atoms with Crippen molar-refractivity contribution in [1.29, 1.82) is 0 Å². The highest BCUT2D eigenvalue weighted by Crippen LogP contribution is 2.33. The molecule has 1 N–H and O–H groups in total. The largest absolute Gasteiger partial charge is 0.392 e. The molecule has 0 bridgehead atoms. The van der Waals surface area contributed by atoms with Crippen molar-refractivity contribution in [1.82, 2.24) is 4.90 Å².